The van der Waals surface area contributed by atoms with Crippen molar-refractivity contribution in [1.29, 1.82) is 0 Å². The van der Waals surface area contributed by atoms with Crippen molar-refractivity contribution in [2.45, 2.75) is 19.9 Å². The predicted octanol–water partition coefficient (Wildman–Crippen LogP) is 2.88. The van der Waals surface area contributed by atoms with Crippen molar-refractivity contribution in [3.8, 4) is 0 Å². The van der Waals surface area contributed by atoms with Gasteiger partial charge in [-0.1, -0.05) is 11.6 Å². The Bertz CT molecular complexity index is 406. The molecule has 1 atom stereocenters. The summed E-state index contributed by atoms with van der Waals surface area (Å²) in [6.07, 6.45) is 2.05. The molecule has 0 saturated carbocycles. The van der Waals surface area contributed by atoms with Crippen LogP contribution in [0.15, 0.2) is 18.2 Å². The highest BCUT2D eigenvalue weighted by molar-refractivity contribution is 7.98. The lowest BCUT2D eigenvalue weighted by atomic mass is 10.1. The van der Waals surface area contributed by atoms with Gasteiger partial charge in [0, 0.05) is 18.8 Å². The molecule has 1 N–H and O–H groups in total. The molecule has 4 heteroatoms. The van der Waals surface area contributed by atoms with E-state index in [9.17, 15) is 9.90 Å². The van der Waals surface area contributed by atoms with Crippen molar-refractivity contribution in [3.05, 3.63) is 29.3 Å². The molecule has 0 spiro atoms. The average molecular weight is 253 g/mol. The highest BCUT2D eigenvalue weighted by atomic mass is 32.2. The molecule has 0 radical (unpaired) electrons. The van der Waals surface area contributed by atoms with E-state index in [1.54, 1.807) is 17.8 Å². The number of nitrogens with zero attached hydrogens (tertiary/aromatic N) is 1. The third-order valence-corrected chi connectivity index (χ3v) is 3.65. The maximum Gasteiger partial charge on any atom is 0.337 e. The molecule has 3 nitrogen and oxygen atoms in total. The first kappa shape index (κ1) is 13.9. The fourth-order valence-electron chi connectivity index (χ4n) is 1.72. The molecule has 1 aromatic carbocycles. The van der Waals surface area contributed by atoms with Crippen LogP contribution in [-0.2, 0) is 0 Å². The zero-order valence-corrected chi connectivity index (χ0v) is 11.5. The fourth-order valence-corrected chi connectivity index (χ4v) is 2.43. The van der Waals surface area contributed by atoms with E-state index in [4.69, 9.17) is 0 Å². The van der Waals surface area contributed by atoms with Crippen molar-refractivity contribution in [1.82, 2.24) is 0 Å². The van der Waals surface area contributed by atoms with Gasteiger partial charge in [-0.25, -0.2) is 4.79 Å². The molecule has 0 amide bonds. The molecule has 0 saturated heterocycles. The van der Waals surface area contributed by atoms with E-state index >= 15 is 0 Å². The molecule has 0 aromatic heterocycles. The number of hydrogen-bond acceptors (Lipinski definition) is 3. The Hall–Kier alpha value is -1.16. The van der Waals surface area contributed by atoms with Crippen molar-refractivity contribution in [2.24, 2.45) is 0 Å². The molecule has 1 aromatic rings. The first-order chi connectivity index (χ1) is 7.97. The second-order valence-corrected chi connectivity index (χ2v) is 5.15. The number of carboxylic acid groups (broad SMARTS) is 1. The number of aryl methyl sites for hydroxylation is 1. The quantitative estimate of drug-likeness (QED) is 0.876. The second-order valence-electron chi connectivity index (χ2n) is 4.24. The molecule has 0 heterocycles. The molecule has 0 aliphatic carbocycles. The van der Waals surface area contributed by atoms with Gasteiger partial charge in [0.15, 0.2) is 0 Å². The van der Waals surface area contributed by atoms with E-state index in [0.29, 0.717) is 11.6 Å². The van der Waals surface area contributed by atoms with Crippen molar-refractivity contribution < 1.29 is 9.90 Å². The number of thioether (sulfide) groups is 1. The van der Waals surface area contributed by atoms with E-state index in [0.717, 1.165) is 17.0 Å². The standard InChI is InChI=1S/C13H19NO2S/c1-9-5-6-12(11(7-9)13(15)16)14(3)10(2)8-17-4/h5-7,10H,8H2,1-4H3,(H,15,16). The molecule has 0 bridgehead atoms. The largest absolute Gasteiger partial charge is 0.478 e. The van der Waals surface area contributed by atoms with Crippen LogP contribution in [0.2, 0.25) is 0 Å². The SMILES string of the molecule is CSCC(C)N(C)c1ccc(C)cc1C(=O)O. The van der Waals surface area contributed by atoms with Crippen LogP contribution in [0, 0.1) is 6.92 Å². The number of benzene rings is 1. The smallest absolute Gasteiger partial charge is 0.337 e. The van der Waals surface area contributed by atoms with E-state index in [-0.39, 0.29) is 0 Å². The average Bonchev–Trinajstić information content (AvgIpc) is 2.28. The molecule has 1 rings (SSSR count). The third kappa shape index (κ3) is 3.40. The monoisotopic (exact) mass is 253 g/mol. The van der Waals surface area contributed by atoms with Gasteiger partial charge >= 0.3 is 5.97 Å². The van der Waals surface area contributed by atoms with E-state index in [1.165, 1.54) is 0 Å². The Balaban J connectivity index is 3.08. The zero-order valence-electron chi connectivity index (χ0n) is 10.7. The van der Waals surface area contributed by atoms with Gasteiger partial charge in [0.25, 0.3) is 0 Å². The van der Waals surface area contributed by atoms with Crippen LogP contribution in [0.4, 0.5) is 5.69 Å². The Morgan fingerprint density at radius 3 is 2.71 bits per heavy atom. The summed E-state index contributed by atoms with van der Waals surface area (Å²) >= 11 is 1.76. The first-order valence-electron chi connectivity index (χ1n) is 5.53. The lowest BCUT2D eigenvalue weighted by Gasteiger charge is -2.28. The maximum absolute atomic E-state index is 11.2. The van der Waals surface area contributed by atoms with E-state index in [2.05, 4.69) is 13.2 Å². The molecular weight excluding hydrogens is 234 g/mol. The van der Waals surface area contributed by atoms with Gasteiger partial charge in [0.05, 0.1) is 11.3 Å². The highest BCUT2D eigenvalue weighted by Crippen LogP contribution is 2.23. The summed E-state index contributed by atoms with van der Waals surface area (Å²) in [5.74, 6) is 0.107. The molecule has 0 aliphatic heterocycles. The number of aromatic carboxylic acids is 1. The van der Waals surface area contributed by atoms with Gasteiger partial charge in [-0.15, -0.1) is 0 Å². The van der Waals surface area contributed by atoms with Crippen LogP contribution < -0.4 is 4.90 Å². The van der Waals surface area contributed by atoms with Crippen LogP contribution in [0.1, 0.15) is 22.8 Å². The Kier molecular flexibility index (Phi) is 4.87. The molecule has 0 fully saturated rings. The summed E-state index contributed by atoms with van der Waals surface area (Å²) in [6, 6.07) is 5.87. The molecule has 0 aliphatic rings. The summed E-state index contributed by atoms with van der Waals surface area (Å²) in [5, 5.41) is 9.22. The third-order valence-electron chi connectivity index (χ3n) is 2.83. The van der Waals surface area contributed by atoms with Gasteiger partial charge in [-0.05, 0) is 32.2 Å². The minimum atomic E-state index is -0.869. The first-order valence-corrected chi connectivity index (χ1v) is 6.92. The Morgan fingerprint density at radius 1 is 1.53 bits per heavy atom. The van der Waals surface area contributed by atoms with E-state index < -0.39 is 5.97 Å². The van der Waals surface area contributed by atoms with Crippen LogP contribution in [0.3, 0.4) is 0 Å². The summed E-state index contributed by atoms with van der Waals surface area (Å²) in [5.41, 5.74) is 2.13. The molecular formula is C13H19NO2S. The van der Waals surface area contributed by atoms with Gasteiger partial charge in [0.2, 0.25) is 0 Å². The number of rotatable bonds is 5. The number of anilines is 1. The molecule has 17 heavy (non-hydrogen) atoms. The highest BCUT2D eigenvalue weighted by Gasteiger charge is 2.17. The van der Waals surface area contributed by atoms with Crippen LogP contribution in [0.25, 0.3) is 0 Å². The van der Waals surface area contributed by atoms with Crippen LogP contribution in [0.5, 0.6) is 0 Å². The normalized spacial score (nSPS) is 12.2. The topological polar surface area (TPSA) is 40.5 Å². The predicted molar refractivity (Wildman–Crippen MR) is 74.4 cm³/mol. The van der Waals surface area contributed by atoms with Gasteiger partial charge in [-0.2, -0.15) is 11.8 Å². The number of hydrogen-bond donors (Lipinski definition) is 1. The number of carbonyl (C=O) groups is 1. The lowest BCUT2D eigenvalue weighted by Crippen LogP contribution is -2.32. The lowest BCUT2D eigenvalue weighted by molar-refractivity contribution is 0.0697. The second kappa shape index (κ2) is 5.96. The van der Waals surface area contributed by atoms with Crippen molar-refractivity contribution in [3.63, 3.8) is 0 Å². The van der Waals surface area contributed by atoms with Crippen molar-refractivity contribution in [2.75, 3.05) is 24.0 Å². The van der Waals surface area contributed by atoms with E-state index in [1.807, 2.05) is 31.0 Å². The maximum atomic E-state index is 11.2. The van der Waals surface area contributed by atoms with Crippen LogP contribution in [-0.4, -0.2) is 36.2 Å². The summed E-state index contributed by atoms with van der Waals surface area (Å²) in [7, 11) is 1.94. The molecule has 94 valence electrons. The minimum absolute atomic E-state index is 0.311. The minimum Gasteiger partial charge on any atom is -0.478 e. The van der Waals surface area contributed by atoms with Gasteiger partial charge in [0.1, 0.15) is 0 Å². The Morgan fingerprint density at radius 2 is 2.18 bits per heavy atom. The molecule has 1 unspecified atom stereocenters. The summed E-state index contributed by atoms with van der Waals surface area (Å²) in [4.78, 5) is 13.3. The zero-order chi connectivity index (χ0) is 13.0. The summed E-state index contributed by atoms with van der Waals surface area (Å²) < 4.78 is 0. The fraction of sp³-hybridized carbons (Fsp3) is 0.462. The van der Waals surface area contributed by atoms with Gasteiger partial charge in [-0.3, -0.25) is 0 Å². The number of carboxylic acids is 1. The van der Waals surface area contributed by atoms with Crippen LogP contribution >= 0.6 is 11.8 Å². The summed E-state index contributed by atoms with van der Waals surface area (Å²) in [6.45, 7) is 4.00. The van der Waals surface area contributed by atoms with Crippen molar-refractivity contribution >= 4 is 23.4 Å². The van der Waals surface area contributed by atoms with Gasteiger partial charge < -0.3 is 10.0 Å². The Labute approximate surface area is 107 Å².